The van der Waals surface area contributed by atoms with Gasteiger partial charge in [-0.25, -0.2) is 0 Å². The second-order valence-electron chi connectivity index (χ2n) is 4.17. The third-order valence-electron chi connectivity index (χ3n) is 3.16. The van der Waals surface area contributed by atoms with E-state index in [1.807, 2.05) is 6.92 Å². The van der Waals surface area contributed by atoms with E-state index in [1.54, 1.807) is 0 Å². The maximum atomic E-state index is 11.4. The number of carbonyl (C=O) groups excluding carboxylic acids is 1. The highest BCUT2D eigenvalue weighted by Crippen LogP contribution is 2.27. The van der Waals surface area contributed by atoms with Crippen LogP contribution in [-0.2, 0) is 9.53 Å². The molecule has 0 bridgehead atoms. The van der Waals surface area contributed by atoms with Crippen molar-refractivity contribution in [2.24, 2.45) is 0 Å². The summed E-state index contributed by atoms with van der Waals surface area (Å²) in [5.74, 6) is 0.0525. The zero-order valence-electron chi connectivity index (χ0n) is 8.64. The van der Waals surface area contributed by atoms with Crippen LogP contribution in [0.5, 0.6) is 0 Å². The molecule has 80 valence electrons. The Kier molecular flexibility index (Phi) is 2.74. The van der Waals surface area contributed by atoms with Gasteiger partial charge >= 0.3 is 0 Å². The van der Waals surface area contributed by atoms with E-state index in [1.165, 1.54) is 0 Å². The molecule has 2 aliphatic rings. The molecular formula is C10H18N2O2. The van der Waals surface area contributed by atoms with Gasteiger partial charge in [-0.2, -0.15) is 0 Å². The number of carbonyl (C=O) groups is 1. The van der Waals surface area contributed by atoms with Crippen LogP contribution in [0.25, 0.3) is 0 Å². The average Bonchev–Trinajstić information content (AvgIpc) is 2.23. The van der Waals surface area contributed by atoms with Crippen molar-refractivity contribution in [1.82, 2.24) is 10.6 Å². The number of amides is 1. The molecule has 0 saturated carbocycles. The third kappa shape index (κ3) is 1.77. The number of hydrogen-bond donors (Lipinski definition) is 2. The Morgan fingerprint density at radius 1 is 1.50 bits per heavy atom. The highest BCUT2D eigenvalue weighted by Gasteiger charge is 2.40. The fraction of sp³-hybridized carbons (Fsp3) is 0.900. The zero-order valence-corrected chi connectivity index (χ0v) is 8.64. The molecule has 2 fully saturated rings. The Hall–Kier alpha value is -0.610. The largest absolute Gasteiger partial charge is 0.360 e. The van der Waals surface area contributed by atoms with Gasteiger partial charge in [0.25, 0.3) is 0 Å². The Bertz CT molecular complexity index is 224. The van der Waals surface area contributed by atoms with Gasteiger partial charge in [-0.1, -0.05) is 6.92 Å². The second kappa shape index (κ2) is 3.87. The summed E-state index contributed by atoms with van der Waals surface area (Å²) in [5, 5.41) is 6.26. The molecule has 2 heterocycles. The van der Waals surface area contributed by atoms with Gasteiger partial charge in [-0.3, -0.25) is 4.79 Å². The first-order valence-corrected chi connectivity index (χ1v) is 5.42. The predicted molar refractivity (Wildman–Crippen MR) is 53.0 cm³/mol. The van der Waals surface area contributed by atoms with E-state index in [0.717, 1.165) is 32.4 Å². The van der Waals surface area contributed by atoms with Crippen LogP contribution in [0.4, 0.5) is 0 Å². The van der Waals surface area contributed by atoms with E-state index in [0.29, 0.717) is 6.54 Å². The van der Waals surface area contributed by atoms with E-state index in [2.05, 4.69) is 10.6 Å². The summed E-state index contributed by atoms with van der Waals surface area (Å²) in [6.45, 7) is 4.66. The number of piperidine rings is 1. The first-order chi connectivity index (χ1) is 6.76. The molecule has 4 nitrogen and oxygen atoms in total. The summed E-state index contributed by atoms with van der Waals surface area (Å²) in [7, 11) is 0. The van der Waals surface area contributed by atoms with Gasteiger partial charge in [0.1, 0.15) is 6.10 Å². The van der Waals surface area contributed by atoms with Crippen molar-refractivity contribution in [2.45, 2.75) is 37.9 Å². The lowest BCUT2D eigenvalue weighted by Crippen LogP contribution is -2.60. The van der Waals surface area contributed by atoms with Gasteiger partial charge in [0.15, 0.2) is 0 Å². The van der Waals surface area contributed by atoms with E-state index in [4.69, 9.17) is 4.74 Å². The minimum Gasteiger partial charge on any atom is -0.360 e. The first-order valence-electron chi connectivity index (χ1n) is 5.42. The molecule has 0 aliphatic carbocycles. The van der Waals surface area contributed by atoms with Crippen LogP contribution in [0.15, 0.2) is 0 Å². The molecule has 14 heavy (non-hydrogen) atoms. The minimum atomic E-state index is -0.234. The Labute approximate surface area is 84.4 Å². The lowest BCUT2D eigenvalue weighted by molar-refractivity contribution is -0.166. The van der Waals surface area contributed by atoms with Crippen LogP contribution < -0.4 is 10.6 Å². The standard InChI is InChI=1S/C10H18N2O2/c1-2-8-9(13)12-7-10(14-8)3-5-11-6-4-10/h8,11H,2-7H2,1H3,(H,12,13). The fourth-order valence-electron chi connectivity index (χ4n) is 2.20. The summed E-state index contributed by atoms with van der Waals surface area (Å²) in [5.41, 5.74) is -0.0835. The van der Waals surface area contributed by atoms with Crippen molar-refractivity contribution in [3.8, 4) is 0 Å². The second-order valence-corrected chi connectivity index (χ2v) is 4.17. The van der Waals surface area contributed by atoms with Gasteiger partial charge in [-0.15, -0.1) is 0 Å². The molecule has 2 rings (SSSR count). The summed E-state index contributed by atoms with van der Waals surface area (Å²) in [4.78, 5) is 11.4. The number of nitrogens with one attached hydrogen (secondary N) is 2. The quantitative estimate of drug-likeness (QED) is 0.625. The Balaban J connectivity index is 2.03. The smallest absolute Gasteiger partial charge is 0.249 e. The molecule has 1 spiro atoms. The lowest BCUT2D eigenvalue weighted by atomic mass is 9.90. The molecule has 2 aliphatic heterocycles. The third-order valence-corrected chi connectivity index (χ3v) is 3.16. The monoisotopic (exact) mass is 198 g/mol. The van der Waals surface area contributed by atoms with Crippen molar-refractivity contribution < 1.29 is 9.53 Å². The highest BCUT2D eigenvalue weighted by atomic mass is 16.5. The minimum absolute atomic E-state index is 0.0525. The molecule has 0 aromatic heterocycles. The summed E-state index contributed by atoms with van der Waals surface area (Å²) >= 11 is 0. The van der Waals surface area contributed by atoms with Gasteiger partial charge < -0.3 is 15.4 Å². The number of morpholine rings is 1. The van der Waals surface area contributed by atoms with Crippen LogP contribution in [-0.4, -0.2) is 37.2 Å². The molecule has 1 amide bonds. The SMILES string of the molecule is CCC1OC2(CCNCC2)CNC1=O. The molecule has 0 aromatic rings. The molecule has 4 heteroatoms. The topological polar surface area (TPSA) is 50.4 Å². The first kappa shape index (κ1) is 9.93. The van der Waals surface area contributed by atoms with Gasteiger partial charge in [0, 0.05) is 6.54 Å². The van der Waals surface area contributed by atoms with Crippen LogP contribution in [0.2, 0.25) is 0 Å². The number of ether oxygens (including phenoxy) is 1. The van der Waals surface area contributed by atoms with E-state index >= 15 is 0 Å². The molecule has 0 aromatic carbocycles. The lowest BCUT2D eigenvalue weighted by Gasteiger charge is -2.43. The maximum absolute atomic E-state index is 11.4. The van der Waals surface area contributed by atoms with E-state index < -0.39 is 0 Å². The van der Waals surface area contributed by atoms with Crippen LogP contribution in [0, 0.1) is 0 Å². The normalized spacial score (nSPS) is 31.5. The van der Waals surface area contributed by atoms with Crippen molar-refractivity contribution in [2.75, 3.05) is 19.6 Å². The van der Waals surface area contributed by atoms with Crippen molar-refractivity contribution in [3.05, 3.63) is 0 Å². The summed E-state index contributed by atoms with van der Waals surface area (Å²) < 4.78 is 5.92. The van der Waals surface area contributed by atoms with E-state index in [-0.39, 0.29) is 17.6 Å². The van der Waals surface area contributed by atoms with Crippen LogP contribution in [0.3, 0.4) is 0 Å². The van der Waals surface area contributed by atoms with E-state index in [9.17, 15) is 4.79 Å². The predicted octanol–water partition coefficient (Wildman–Crippen LogP) is 0.0336. The molecule has 2 N–H and O–H groups in total. The fourth-order valence-corrected chi connectivity index (χ4v) is 2.20. The highest BCUT2D eigenvalue weighted by molar-refractivity contribution is 5.81. The maximum Gasteiger partial charge on any atom is 0.249 e. The van der Waals surface area contributed by atoms with Gasteiger partial charge in [-0.05, 0) is 32.4 Å². The molecule has 1 unspecified atom stereocenters. The Morgan fingerprint density at radius 3 is 2.86 bits per heavy atom. The zero-order chi connectivity index (χ0) is 10.0. The van der Waals surface area contributed by atoms with Crippen LogP contribution >= 0.6 is 0 Å². The molecular weight excluding hydrogens is 180 g/mol. The number of rotatable bonds is 1. The molecule has 0 radical (unpaired) electrons. The van der Waals surface area contributed by atoms with Crippen molar-refractivity contribution in [3.63, 3.8) is 0 Å². The van der Waals surface area contributed by atoms with Crippen LogP contribution in [0.1, 0.15) is 26.2 Å². The number of hydrogen-bond acceptors (Lipinski definition) is 3. The average molecular weight is 198 g/mol. The summed E-state index contributed by atoms with van der Waals surface area (Å²) in [6, 6.07) is 0. The van der Waals surface area contributed by atoms with Gasteiger partial charge in [0.05, 0.1) is 5.60 Å². The summed E-state index contributed by atoms with van der Waals surface area (Å²) in [6.07, 6.45) is 2.54. The van der Waals surface area contributed by atoms with Gasteiger partial charge in [0.2, 0.25) is 5.91 Å². The molecule has 2 saturated heterocycles. The molecule has 1 atom stereocenters. The van der Waals surface area contributed by atoms with Crippen molar-refractivity contribution >= 4 is 5.91 Å². The van der Waals surface area contributed by atoms with Crippen molar-refractivity contribution in [1.29, 1.82) is 0 Å². The Morgan fingerprint density at radius 2 is 2.21 bits per heavy atom.